The maximum atomic E-state index is 10.4. The van der Waals surface area contributed by atoms with E-state index in [0.29, 0.717) is 0 Å². The molecule has 0 spiro atoms. The normalized spacial score (nSPS) is 11.1. The summed E-state index contributed by atoms with van der Waals surface area (Å²) in [6.45, 7) is 0. The fourth-order valence-electron chi connectivity index (χ4n) is 1.62. The van der Waals surface area contributed by atoms with Crippen LogP contribution in [-0.4, -0.2) is 104 Å². The Morgan fingerprint density at radius 3 is 1.04 bits per heavy atom. The molecule has 0 amide bonds. The van der Waals surface area contributed by atoms with Crippen LogP contribution >= 0.6 is 94.1 Å². The third kappa shape index (κ3) is 28.3. The van der Waals surface area contributed by atoms with Crippen LogP contribution in [0.15, 0.2) is 0 Å². The number of thioether (sulfide) groups is 8. The minimum absolute atomic E-state index is 0.237. The first-order chi connectivity index (χ1) is 13.3. The van der Waals surface area contributed by atoms with E-state index in [1.165, 1.54) is 80.8 Å². The van der Waals surface area contributed by atoms with Gasteiger partial charge in [0.2, 0.25) is 0 Å². The second-order valence-electron chi connectivity index (χ2n) is 5.11. The molecule has 0 aliphatic carbocycles. The van der Waals surface area contributed by atoms with Gasteiger partial charge in [-0.25, -0.2) is 0 Å². The average Bonchev–Trinajstić information content (AvgIpc) is 2.65. The highest BCUT2D eigenvalue weighted by atomic mass is 32.2. The molecule has 0 aliphatic heterocycles. The largest absolute Gasteiger partial charge is 0.481 e. The lowest BCUT2D eigenvalue weighted by atomic mass is 10.8. The highest BCUT2D eigenvalue weighted by molar-refractivity contribution is 8.06. The van der Waals surface area contributed by atoms with Crippen LogP contribution in [0, 0.1) is 0 Å². The zero-order valence-corrected chi connectivity index (χ0v) is 22.8. The van der Waals surface area contributed by atoms with Gasteiger partial charge in [0.05, 0.1) is 5.75 Å². The highest BCUT2D eigenvalue weighted by Gasteiger charge is 1.98. The molecular weight excluding hydrogens is 493 g/mol. The fourth-order valence-corrected chi connectivity index (χ4v) is 9.96. The first-order valence-corrected chi connectivity index (χ1v) is 18.5. The zero-order valence-electron chi connectivity index (χ0n) is 16.2. The second-order valence-corrected chi connectivity index (χ2v) is 14.6. The Labute approximate surface area is 201 Å². The lowest BCUT2D eigenvalue weighted by Crippen LogP contribution is -2.00. The minimum Gasteiger partial charge on any atom is -0.481 e. The lowest BCUT2D eigenvalue weighted by Gasteiger charge is -2.04. The highest BCUT2D eigenvalue weighted by Crippen LogP contribution is 2.14. The number of hydrogen-bond donors (Lipinski definition) is 1. The molecule has 162 valence electrons. The van der Waals surface area contributed by atoms with E-state index in [0.717, 1.165) is 11.5 Å². The molecule has 0 saturated heterocycles. The smallest absolute Gasteiger partial charge is 0.313 e. The maximum Gasteiger partial charge on any atom is 0.313 e. The Morgan fingerprint density at radius 2 is 0.778 bits per heavy atom. The SMILES string of the molecule is CSCCSCCSCCSCCSCCSCCSCCSCC(=O)O. The van der Waals surface area contributed by atoms with Gasteiger partial charge >= 0.3 is 5.97 Å². The molecule has 0 aliphatic rings. The van der Waals surface area contributed by atoms with Crippen molar-refractivity contribution in [2.24, 2.45) is 0 Å². The third-order valence-electron chi connectivity index (χ3n) is 2.89. The Balaban J connectivity index is 2.98. The van der Waals surface area contributed by atoms with E-state index in [4.69, 9.17) is 5.11 Å². The molecule has 0 heterocycles. The minimum atomic E-state index is -0.706. The van der Waals surface area contributed by atoms with Gasteiger partial charge in [0, 0.05) is 80.5 Å². The van der Waals surface area contributed by atoms with E-state index in [1.807, 2.05) is 23.5 Å². The van der Waals surface area contributed by atoms with Crippen LogP contribution in [0.2, 0.25) is 0 Å². The molecule has 0 radical (unpaired) electrons. The van der Waals surface area contributed by atoms with Crippen molar-refractivity contribution in [1.82, 2.24) is 0 Å². The van der Waals surface area contributed by atoms with Gasteiger partial charge in [-0.05, 0) is 6.26 Å². The maximum absolute atomic E-state index is 10.4. The summed E-state index contributed by atoms with van der Waals surface area (Å²) in [5.41, 5.74) is 0. The lowest BCUT2D eigenvalue weighted by molar-refractivity contribution is -0.133. The summed E-state index contributed by atoms with van der Waals surface area (Å²) >= 11 is 15.9. The van der Waals surface area contributed by atoms with Gasteiger partial charge in [-0.15, -0.1) is 11.8 Å². The number of carbonyl (C=O) groups is 1. The second kappa shape index (κ2) is 26.3. The molecule has 10 heteroatoms. The molecule has 0 aromatic heterocycles. The number of rotatable bonds is 23. The molecular formula is C17H34O2S8. The monoisotopic (exact) mass is 526 g/mol. The average molecular weight is 527 g/mol. The summed E-state index contributed by atoms with van der Waals surface area (Å²) in [5, 5.41) is 8.54. The van der Waals surface area contributed by atoms with Crippen molar-refractivity contribution in [3.8, 4) is 0 Å². The van der Waals surface area contributed by atoms with Gasteiger partial charge in [0.1, 0.15) is 0 Å². The van der Waals surface area contributed by atoms with Gasteiger partial charge in [0.15, 0.2) is 0 Å². The summed E-state index contributed by atoms with van der Waals surface area (Å²) < 4.78 is 0. The molecule has 0 atom stereocenters. The summed E-state index contributed by atoms with van der Waals surface area (Å²) in [4.78, 5) is 10.4. The van der Waals surface area contributed by atoms with Crippen molar-refractivity contribution in [3.63, 3.8) is 0 Å². The van der Waals surface area contributed by atoms with E-state index < -0.39 is 5.97 Å². The Hall–Kier alpha value is 2.27. The molecule has 1 N–H and O–H groups in total. The van der Waals surface area contributed by atoms with E-state index in [-0.39, 0.29) is 5.75 Å². The van der Waals surface area contributed by atoms with Gasteiger partial charge in [0.25, 0.3) is 0 Å². The molecule has 0 aromatic carbocycles. The molecule has 0 aromatic rings. The van der Waals surface area contributed by atoms with Crippen LogP contribution in [0.5, 0.6) is 0 Å². The van der Waals surface area contributed by atoms with E-state index in [9.17, 15) is 4.79 Å². The van der Waals surface area contributed by atoms with E-state index in [2.05, 4.69) is 65.1 Å². The van der Waals surface area contributed by atoms with Crippen molar-refractivity contribution < 1.29 is 9.90 Å². The third-order valence-corrected chi connectivity index (χ3v) is 12.2. The van der Waals surface area contributed by atoms with Crippen molar-refractivity contribution in [3.05, 3.63) is 0 Å². The molecule has 0 bridgehead atoms. The summed E-state index contributed by atoms with van der Waals surface area (Å²) in [6.07, 6.45) is 2.18. The predicted octanol–water partition coefficient (Wildman–Crippen LogP) is 5.57. The predicted molar refractivity (Wildman–Crippen MR) is 147 cm³/mol. The number of carboxylic acids is 1. The van der Waals surface area contributed by atoms with E-state index in [1.54, 1.807) is 0 Å². The molecule has 0 rings (SSSR count). The number of carboxylic acid groups (broad SMARTS) is 1. The van der Waals surface area contributed by atoms with Crippen LogP contribution in [0.3, 0.4) is 0 Å². The van der Waals surface area contributed by atoms with Crippen LogP contribution in [-0.2, 0) is 4.79 Å². The summed E-state index contributed by atoms with van der Waals surface area (Å²) in [7, 11) is 0. The van der Waals surface area contributed by atoms with Crippen molar-refractivity contribution in [2.45, 2.75) is 0 Å². The Morgan fingerprint density at radius 1 is 0.519 bits per heavy atom. The molecule has 2 nitrogen and oxygen atoms in total. The van der Waals surface area contributed by atoms with Gasteiger partial charge < -0.3 is 5.11 Å². The molecule has 0 unspecified atom stereocenters. The van der Waals surface area contributed by atoms with Crippen molar-refractivity contribution in [2.75, 3.05) is 92.5 Å². The molecule has 27 heavy (non-hydrogen) atoms. The Kier molecular flexibility index (Phi) is 28.5. The van der Waals surface area contributed by atoms with Gasteiger partial charge in [-0.2, -0.15) is 82.3 Å². The summed E-state index contributed by atoms with van der Waals surface area (Å²) in [5.74, 6) is 16.9. The van der Waals surface area contributed by atoms with Crippen molar-refractivity contribution >= 4 is 100 Å². The fraction of sp³-hybridized carbons (Fsp3) is 0.941. The molecule has 0 fully saturated rings. The van der Waals surface area contributed by atoms with Gasteiger partial charge in [-0.1, -0.05) is 0 Å². The standard InChI is InChI=1S/C17H34O2S8/c1-20-2-3-21-4-5-22-6-7-23-8-9-24-10-11-25-12-13-26-14-15-27-16-17(18)19/h2-16H2,1H3,(H,18,19). The van der Waals surface area contributed by atoms with Crippen molar-refractivity contribution in [1.29, 1.82) is 0 Å². The number of aliphatic carboxylic acids is 1. The van der Waals surface area contributed by atoms with Gasteiger partial charge in [-0.3, -0.25) is 4.79 Å². The number of hydrogen-bond acceptors (Lipinski definition) is 9. The summed E-state index contributed by atoms with van der Waals surface area (Å²) in [6, 6.07) is 0. The first kappa shape index (κ1) is 29.3. The van der Waals surface area contributed by atoms with Crippen LogP contribution in [0.25, 0.3) is 0 Å². The first-order valence-electron chi connectivity index (χ1n) is 9.02. The van der Waals surface area contributed by atoms with Crippen LogP contribution < -0.4 is 0 Å². The topological polar surface area (TPSA) is 37.3 Å². The van der Waals surface area contributed by atoms with E-state index >= 15 is 0 Å². The van der Waals surface area contributed by atoms with Crippen LogP contribution in [0.4, 0.5) is 0 Å². The molecule has 0 saturated carbocycles. The zero-order chi connectivity index (χ0) is 19.8. The van der Waals surface area contributed by atoms with Crippen LogP contribution in [0.1, 0.15) is 0 Å². The Bertz CT molecular complexity index is 311. The quantitative estimate of drug-likeness (QED) is 0.171.